The van der Waals surface area contributed by atoms with Crippen molar-refractivity contribution in [3.05, 3.63) is 11.6 Å². The van der Waals surface area contributed by atoms with E-state index in [0.29, 0.717) is 6.10 Å². The number of aromatic amines is 1. The van der Waals surface area contributed by atoms with Crippen LogP contribution in [0.3, 0.4) is 0 Å². The van der Waals surface area contributed by atoms with Crippen molar-refractivity contribution in [1.82, 2.24) is 20.5 Å². The van der Waals surface area contributed by atoms with Crippen molar-refractivity contribution in [2.45, 2.75) is 51.7 Å². The number of hydrogen-bond donors (Lipinski definition) is 2. The number of carbonyl (C=O) groups excluding carboxylic acids is 1. The van der Waals surface area contributed by atoms with Gasteiger partial charge in [0, 0.05) is 18.6 Å². The average Bonchev–Trinajstić information content (AvgIpc) is 2.75. The molecule has 1 fully saturated rings. The Bertz CT molecular complexity index is 410. The third-order valence-electron chi connectivity index (χ3n) is 3.09. The summed E-state index contributed by atoms with van der Waals surface area (Å²) in [5.41, 5.74) is 0. The average molecular weight is 252 g/mol. The molecule has 1 aliphatic carbocycles. The Balaban J connectivity index is 1.81. The molecular formula is C12H20N4O2. The van der Waals surface area contributed by atoms with Gasteiger partial charge in [0.2, 0.25) is 5.82 Å². The first kappa shape index (κ1) is 13.0. The second kappa shape index (κ2) is 5.48. The van der Waals surface area contributed by atoms with E-state index in [9.17, 15) is 4.79 Å². The number of nitrogens with one attached hydrogen (secondary N) is 2. The Labute approximate surface area is 107 Å². The summed E-state index contributed by atoms with van der Waals surface area (Å²) < 4.78 is 5.44. The zero-order chi connectivity index (χ0) is 13.1. The van der Waals surface area contributed by atoms with E-state index >= 15 is 0 Å². The number of ether oxygens (including phenoxy) is 1. The van der Waals surface area contributed by atoms with Crippen LogP contribution in [0, 0.1) is 0 Å². The van der Waals surface area contributed by atoms with E-state index in [1.165, 1.54) is 0 Å². The Morgan fingerprint density at radius 3 is 2.83 bits per heavy atom. The highest BCUT2D eigenvalue weighted by molar-refractivity contribution is 5.90. The van der Waals surface area contributed by atoms with Gasteiger partial charge in [-0.05, 0) is 19.8 Å². The highest BCUT2D eigenvalue weighted by Gasteiger charge is 2.31. The van der Waals surface area contributed by atoms with Crippen molar-refractivity contribution in [2.75, 3.05) is 6.61 Å². The van der Waals surface area contributed by atoms with Crippen molar-refractivity contribution in [3.63, 3.8) is 0 Å². The summed E-state index contributed by atoms with van der Waals surface area (Å²) in [6.45, 7) is 6.71. The second-order valence-corrected chi connectivity index (χ2v) is 4.92. The van der Waals surface area contributed by atoms with E-state index in [2.05, 4.69) is 20.5 Å². The van der Waals surface area contributed by atoms with Gasteiger partial charge in [-0.2, -0.15) is 0 Å². The summed E-state index contributed by atoms with van der Waals surface area (Å²) in [5, 5.41) is 9.61. The molecule has 1 heterocycles. The molecule has 2 rings (SSSR count). The first-order valence-electron chi connectivity index (χ1n) is 6.45. The van der Waals surface area contributed by atoms with Crippen molar-refractivity contribution >= 4 is 5.91 Å². The Kier molecular flexibility index (Phi) is 3.96. The Morgan fingerprint density at radius 1 is 1.56 bits per heavy atom. The third-order valence-corrected chi connectivity index (χ3v) is 3.09. The fourth-order valence-electron chi connectivity index (χ4n) is 1.94. The number of hydrogen-bond acceptors (Lipinski definition) is 4. The van der Waals surface area contributed by atoms with Gasteiger partial charge in [0.15, 0.2) is 0 Å². The van der Waals surface area contributed by atoms with E-state index in [1.807, 2.05) is 20.8 Å². The largest absolute Gasteiger partial charge is 0.378 e. The van der Waals surface area contributed by atoms with Gasteiger partial charge in [-0.1, -0.05) is 13.8 Å². The van der Waals surface area contributed by atoms with E-state index in [1.54, 1.807) is 0 Å². The molecule has 0 bridgehead atoms. The predicted octanol–water partition coefficient (Wildman–Crippen LogP) is 1.23. The maximum Gasteiger partial charge on any atom is 0.291 e. The van der Waals surface area contributed by atoms with Crippen LogP contribution in [0.5, 0.6) is 0 Å². The number of nitrogens with zero attached hydrogens (tertiary/aromatic N) is 2. The minimum atomic E-state index is -0.210. The molecule has 0 saturated heterocycles. The van der Waals surface area contributed by atoms with Crippen LogP contribution in [-0.4, -0.2) is 39.8 Å². The number of amides is 1. The van der Waals surface area contributed by atoms with Crippen LogP contribution in [0.1, 0.15) is 56.0 Å². The van der Waals surface area contributed by atoms with Gasteiger partial charge in [0.05, 0.1) is 6.10 Å². The summed E-state index contributed by atoms with van der Waals surface area (Å²) in [4.78, 5) is 16.0. The van der Waals surface area contributed by atoms with Gasteiger partial charge in [-0.15, -0.1) is 5.10 Å². The lowest BCUT2D eigenvalue weighted by molar-refractivity contribution is -0.00871. The van der Waals surface area contributed by atoms with Gasteiger partial charge in [0.25, 0.3) is 5.91 Å². The summed E-state index contributed by atoms with van der Waals surface area (Å²) in [6, 6.07) is 0.190. The summed E-state index contributed by atoms with van der Waals surface area (Å²) in [6.07, 6.45) is 2.04. The SMILES string of the molecule is CCOC1CC(NC(=O)c2n[nH]c(C(C)C)n2)C1. The predicted molar refractivity (Wildman–Crippen MR) is 66.4 cm³/mol. The number of rotatable bonds is 5. The molecule has 100 valence electrons. The zero-order valence-electron chi connectivity index (χ0n) is 11.1. The summed E-state index contributed by atoms with van der Waals surface area (Å²) in [5.74, 6) is 0.989. The van der Waals surface area contributed by atoms with Crippen LogP contribution >= 0.6 is 0 Å². The molecule has 2 N–H and O–H groups in total. The second-order valence-electron chi connectivity index (χ2n) is 4.92. The van der Waals surface area contributed by atoms with E-state index in [4.69, 9.17) is 4.74 Å². The molecule has 0 aromatic carbocycles. The fraction of sp³-hybridized carbons (Fsp3) is 0.750. The van der Waals surface area contributed by atoms with Gasteiger partial charge in [0.1, 0.15) is 5.82 Å². The topological polar surface area (TPSA) is 79.9 Å². The van der Waals surface area contributed by atoms with Gasteiger partial charge in [-0.25, -0.2) is 4.98 Å². The molecule has 0 aliphatic heterocycles. The van der Waals surface area contributed by atoms with Crippen molar-refractivity contribution in [3.8, 4) is 0 Å². The smallest absolute Gasteiger partial charge is 0.291 e. The van der Waals surface area contributed by atoms with Gasteiger partial charge >= 0.3 is 0 Å². The zero-order valence-corrected chi connectivity index (χ0v) is 11.1. The maximum absolute atomic E-state index is 11.9. The standard InChI is InChI=1S/C12H20N4O2/c1-4-18-9-5-8(6-9)13-12(17)11-14-10(7(2)3)15-16-11/h7-9H,4-6H2,1-3H3,(H,13,17)(H,14,15,16). The van der Waals surface area contributed by atoms with E-state index in [-0.39, 0.29) is 23.7 Å². The summed E-state index contributed by atoms with van der Waals surface area (Å²) in [7, 11) is 0. The monoisotopic (exact) mass is 252 g/mol. The van der Waals surface area contributed by atoms with Gasteiger partial charge < -0.3 is 10.1 Å². The van der Waals surface area contributed by atoms with Crippen LogP contribution < -0.4 is 5.32 Å². The highest BCUT2D eigenvalue weighted by Crippen LogP contribution is 2.23. The minimum Gasteiger partial charge on any atom is -0.378 e. The van der Waals surface area contributed by atoms with Crippen LogP contribution in [0.2, 0.25) is 0 Å². The molecule has 6 nitrogen and oxygen atoms in total. The Morgan fingerprint density at radius 2 is 2.28 bits per heavy atom. The Hall–Kier alpha value is -1.43. The summed E-state index contributed by atoms with van der Waals surface area (Å²) >= 11 is 0. The van der Waals surface area contributed by atoms with E-state index < -0.39 is 0 Å². The molecular weight excluding hydrogens is 232 g/mol. The number of aromatic nitrogens is 3. The normalized spacial score (nSPS) is 22.9. The molecule has 0 unspecified atom stereocenters. The van der Waals surface area contributed by atoms with Crippen molar-refractivity contribution < 1.29 is 9.53 Å². The minimum absolute atomic E-state index is 0.190. The van der Waals surface area contributed by atoms with E-state index in [0.717, 1.165) is 25.3 Å². The first-order valence-corrected chi connectivity index (χ1v) is 6.45. The molecule has 1 amide bonds. The van der Waals surface area contributed by atoms with Crippen molar-refractivity contribution in [1.29, 1.82) is 0 Å². The molecule has 1 aromatic heterocycles. The van der Waals surface area contributed by atoms with Crippen LogP contribution in [0.4, 0.5) is 0 Å². The molecule has 1 saturated carbocycles. The fourth-order valence-corrected chi connectivity index (χ4v) is 1.94. The van der Waals surface area contributed by atoms with Crippen molar-refractivity contribution in [2.24, 2.45) is 0 Å². The lowest BCUT2D eigenvalue weighted by atomic mass is 9.89. The first-order chi connectivity index (χ1) is 8.60. The molecule has 1 aliphatic rings. The lowest BCUT2D eigenvalue weighted by Gasteiger charge is -2.34. The number of H-pyrrole nitrogens is 1. The molecule has 6 heteroatoms. The molecule has 18 heavy (non-hydrogen) atoms. The number of carbonyl (C=O) groups is 1. The van der Waals surface area contributed by atoms with Crippen LogP contribution in [0.15, 0.2) is 0 Å². The third kappa shape index (κ3) is 2.87. The van der Waals surface area contributed by atoms with Crippen LogP contribution in [0.25, 0.3) is 0 Å². The molecule has 1 aromatic rings. The maximum atomic E-state index is 11.9. The quantitative estimate of drug-likeness (QED) is 0.826. The van der Waals surface area contributed by atoms with Gasteiger partial charge in [-0.3, -0.25) is 9.89 Å². The molecule has 0 atom stereocenters. The lowest BCUT2D eigenvalue weighted by Crippen LogP contribution is -2.48. The molecule has 0 radical (unpaired) electrons. The van der Waals surface area contributed by atoms with Crippen LogP contribution in [-0.2, 0) is 4.74 Å². The highest BCUT2D eigenvalue weighted by atomic mass is 16.5. The molecule has 0 spiro atoms.